The van der Waals surface area contributed by atoms with E-state index < -0.39 is 51.8 Å². The lowest BCUT2D eigenvalue weighted by atomic mass is 9.73. The van der Waals surface area contributed by atoms with Crippen molar-refractivity contribution in [3.05, 3.63) is 98.5 Å². The van der Waals surface area contributed by atoms with Crippen LogP contribution in [0.3, 0.4) is 0 Å². The lowest BCUT2D eigenvalue weighted by Crippen LogP contribution is -2.56. The SMILES string of the molecule is C=C[C@H]1C[N@]2CC[C@H]1CC2[C@H](Nc1c(Nc2cc(C(F)(F)F)cc(C(F)(F)F)c2)c(=O)c1=O)c1ccnc2ccc(OC)cc12. The highest BCUT2D eigenvalue weighted by Gasteiger charge is 2.44. The second-order valence-corrected chi connectivity index (χ2v) is 11.5. The fourth-order valence-corrected chi connectivity index (χ4v) is 6.63. The maximum absolute atomic E-state index is 13.5. The zero-order chi connectivity index (χ0) is 32.3. The Labute approximate surface area is 253 Å². The molecule has 4 heterocycles. The molecule has 2 bridgehead atoms. The number of pyridine rings is 1. The van der Waals surface area contributed by atoms with E-state index in [0.717, 1.165) is 36.9 Å². The van der Waals surface area contributed by atoms with Gasteiger partial charge >= 0.3 is 12.4 Å². The van der Waals surface area contributed by atoms with E-state index in [4.69, 9.17) is 4.74 Å². The van der Waals surface area contributed by atoms with Crippen molar-refractivity contribution in [2.75, 3.05) is 30.8 Å². The van der Waals surface area contributed by atoms with Gasteiger partial charge in [0.25, 0.3) is 10.9 Å². The molecule has 3 fully saturated rings. The lowest BCUT2D eigenvalue weighted by Gasteiger charge is -2.52. The number of benzene rings is 2. The summed E-state index contributed by atoms with van der Waals surface area (Å²) in [6.45, 7) is 5.48. The predicted molar refractivity (Wildman–Crippen MR) is 158 cm³/mol. The monoisotopic (exact) mass is 630 g/mol. The third kappa shape index (κ3) is 5.65. The summed E-state index contributed by atoms with van der Waals surface area (Å²) in [6, 6.07) is 7.29. The number of rotatable bonds is 8. The molecule has 45 heavy (non-hydrogen) atoms. The number of fused-ring (bicyclic) bond motifs is 4. The molecule has 0 amide bonds. The standard InChI is InChI=1S/C32H28F6N4O3/c1-3-16-15-42-9-7-17(16)10-25(42)26(22-6-8-39-24-5-4-21(45-2)14-23(22)24)41-28-27(29(43)30(28)44)40-20-12-18(31(33,34)35)11-19(13-20)32(36,37)38/h3-6,8,11-14,16-17,25-26,40-41H,1,7,9-10,15H2,2H3/t16-,17-,25?,26+/m0/s1. The first kappa shape index (κ1) is 30.6. The zero-order valence-corrected chi connectivity index (χ0v) is 23.9. The number of nitrogens with zero attached hydrogens (tertiary/aromatic N) is 2. The summed E-state index contributed by atoms with van der Waals surface area (Å²) in [5, 5.41) is 6.30. The number of aromatic nitrogens is 1. The molecule has 236 valence electrons. The van der Waals surface area contributed by atoms with E-state index in [9.17, 15) is 35.9 Å². The van der Waals surface area contributed by atoms with Gasteiger partial charge in [0.1, 0.15) is 17.1 Å². The fourth-order valence-electron chi connectivity index (χ4n) is 6.63. The van der Waals surface area contributed by atoms with Gasteiger partial charge in [0.05, 0.1) is 29.8 Å². The topological polar surface area (TPSA) is 83.6 Å². The summed E-state index contributed by atoms with van der Waals surface area (Å²) in [5.74, 6) is 1.16. The van der Waals surface area contributed by atoms with Gasteiger partial charge in [0.2, 0.25) is 0 Å². The molecule has 13 heteroatoms. The van der Waals surface area contributed by atoms with Gasteiger partial charge in [-0.1, -0.05) is 6.08 Å². The van der Waals surface area contributed by atoms with E-state index in [1.165, 1.54) is 7.11 Å². The maximum atomic E-state index is 13.5. The Balaban J connectivity index is 1.43. The van der Waals surface area contributed by atoms with Crippen LogP contribution in [0.2, 0.25) is 0 Å². The van der Waals surface area contributed by atoms with Crippen molar-refractivity contribution in [3.63, 3.8) is 0 Å². The molecule has 7 rings (SSSR count). The minimum Gasteiger partial charge on any atom is -0.497 e. The highest BCUT2D eigenvalue weighted by Crippen LogP contribution is 2.44. The molecule has 7 nitrogen and oxygen atoms in total. The number of anilines is 3. The molecule has 3 saturated heterocycles. The van der Waals surface area contributed by atoms with Gasteiger partial charge in [-0.25, -0.2) is 0 Å². The van der Waals surface area contributed by atoms with Crippen molar-refractivity contribution < 1.29 is 31.1 Å². The number of hydrogen-bond acceptors (Lipinski definition) is 7. The van der Waals surface area contributed by atoms with E-state index in [1.54, 1.807) is 30.5 Å². The van der Waals surface area contributed by atoms with Crippen LogP contribution in [-0.4, -0.2) is 36.1 Å². The fraction of sp³-hybridized carbons (Fsp3) is 0.344. The number of nitrogens with one attached hydrogen (secondary N) is 2. The van der Waals surface area contributed by atoms with Gasteiger partial charge in [0, 0.05) is 29.9 Å². The molecule has 5 atom stereocenters. The first-order valence-corrected chi connectivity index (χ1v) is 14.2. The van der Waals surface area contributed by atoms with E-state index in [2.05, 4.69) is 27.1 Å². The Morgan fingerprint density at radius 3 is 2.29 bits per heavy atom. The second-order valence-electron chi connectivity index (χ2n) is 11.5. The molecular formula is C32H28F6N4O3. The summed E-state index contributed by atoms with van der Waals surface area (Å²) in [5.41, 5.74) is -4.95. The highest BCUT2D eigenvalue weighted by atomic mass is 19.4. The third-order valence-electron chi connectivity index (χ3n) is 8.92. The molecule has 1 unspecified atom stereocenters. The second kappa shape index (κ2) is 11.2. The van der Waals surface area contributed by atoms with Crippen LogP contribution in [0.4, 0.5) is 43.4 Å². The Kier molecular flexibility index (Phi) is 7.62. The van der Waals surface area contributed by atoms with Crippen molar-refractivity contribution in [3.8, 4) is 5.75 Å². The van der Waals surface area contributed by atoms with Crippen LogP contribution in [-0.2, 0) is 12.4 Å². The van der Waals surface area contributed by atoms with Crippen LogP contribution in [0, 0.1) is 11.8 Å². The van der Waals surface area contributed by atoms with Crippen molar-refractivity contribution in [2.45, 2.75) is 37.3 Å². The van der Waals surface area contributed by atoms with Gasteiger partial charge in [-0.3, -0.25) is 19.5 Å². The molecular weight excluding hydrogens is 602 g/mol. The summed E-state index contributed by atoms with van der Waals surface area (Å²) < 4.78 is 86.4. The average Bonchev–Trinajstić information content (AvgIpc) is 3.03. The molecule has 3 aromatic carbocycles. The van der Waals surface area contributed by atoms with Gasteiger partial charge in [0.15, 0.2) is 0 Å². The molecule has 3 aliphatic rings. The van der Waals surface area contributed by atoms with E-state index in [1.807, 2.05) is 6.08 Å². The smallest absolute Gasteiger partial charge is 0.416 e. The number of ether oxygens (including phenoxy) is 1. The summed E-state index contributed by atoms with van der Waals surface area (Å²) in [7, 11) is 1.52. The van der Waals surface area contributed by atoms with Crippen LogP contribution in [0.5, 0.6) is 5.75 Å². The molecule has 0 saturated carbocycles. The summed E-state index contributed by atoms with van der Waals surface area (Å²) in [6.07, 6.45) is -4.94. The summed E-state index contributed by atoms with van der Waals surface area (Å²) >= 11 is 0. The first-order valence-electron chi connectivity index (χ1n) is 14.2. The number of halogens is 6. The van der Waals surface area contributed by atoms with Crippen LogP contribution < -0.4 is 26.2 Å². The van der Waals surface area contributed by atoms with E-state index in [-0.39, 0.29) is 23.7 Å². The van der Waals surface area contributed by atoms with E-state index in [0.29, 0.717) is 29.3 Å². The Morgan fingerprint density at radius 2 is 1.69 bits per heavy atom. The number of alkyl halides is 6. The molecule has 0 spiro atoms. The minimum atomic E-state index is -5.08. The van der Waals surface area contributed by atoms with E-state index >= 15 is 0 Å². The Bertz CT molecular complexity index is 1810. The van der Waals surface area contributed by atoms with Crippen LogP contribution in [0.15, 0.2) is 70.9 Å². The molecule has 2 N–H and O–H groups in total. The molecule has 0 aliphatic carbocycles. The quantitative estimate of drug-likeness (QED) is 0.128. The number of methoxy groups -OCH3 is 1. The lowest BCUT2D eigenvalue weighted by molar-refractivity contribution is -0.143. The average molecular weight is 631 g/mol. The van der Waals surface area contributed by atoms with Crippen LogP contribution >= 0.6 is 0 Å². The maximum Gasteiger partial charge on any atom is 0.416 e. The highest BCUT2D eigenvalue weighted by molar-refractivity contribution is 5.85. The minimum absolute atomic E-state index is 0.00556. The molecule has 1 aromatic heterocycles. The van der Waals surface area contributed by atoms with Gasteiger partial charge in [-0.15, -0.1) is 6.58 Å². The molecule has 4 aromatic rings. The van der Waals surface area contributed by atoms with Gasteiger partial charge in [-0.2, -0.15) is 26.3 Å². The number of piperidine rings is 3. The summed E-state index contributed by atoms with van der Waals surface area (Å²) in [4.78, 5) is 32.4. The predicted octanol–water partition coefficient (Wildman–Crippen LogP) is 6.67. The molecule has 0 radical (unpaired) electrons. The molecule has 3 aliphatic heterocycles. The van der Waals surface area contributed by atoms with Crippen molar-refractivity contribution in [1.82, 2.24) is 9.88 Å². The van der Waals surface area contributed by atoms with Crippen molar-refractivity contribution in [2.24, 2.45) is 11.8 Å². The van der Waals surface area contributed by atoms with Crippen LogP contribution in [0.25, 0.3) is 10.9 Å². The first-order chi connectivity index (χ1) is 21.3. The van der Waals surface area contributed by atoms with Gasteiger partial charge < -0.3 is 15.4 Å². The largest absolute Gasteiger partial charge is 0.497 e. The Morgan fingerprint density at radius 1 is 1.00 bits per heavy atom. The van der Waals surface area contributed by atoms with Crippen molar-refractivity contribution in [1.29, 1.82) is 0 Å². The van der Waals surface area contributed by atoms with Crippen molar-refractivity contribution >= 4 is 28.0 Å². The third-order valence-corrected chi connectivity index (χ3v) is 8.92. The zero-order valence-electron chi connectivity index (χ0n) is 23.9. The number of hydrogen-bond donors (Lipinski definition) is 2. The van der Waals surface area contributed by atoms with Crippen LogP contribution in [0.1, 0.15) is 35.6 Å². The van der Waals surface area contributed by atoms with Gasteiger partial charge in [-0.05, 0) is 79.3 Å². The normalized spacial score (nSPS) is 22.4. The Hall–Kier alpha value is -4.39.